The van der Waals surface area contributed by atoms with Crippen LogP contribution in [0.15, 0.2) is 30.5 Å². The van der Waals surface area contributed by atoms with E-state index in [4.69, 9.17) is 0 Å². The molecule has 1 saturated heterocycles. The molecule has 8 heteroatoms. The lowest BCUT2D eigenvalue weighted by Crippen LogP contribution is -2.56. The quantitative estimate of drug-likeness (QED) is 0.798. The number of amides is 1. The number of piperidine rings is 1. The van der Waals surface area contributed by atoms with Crippen LogP contribution in [-0.2, 0) is 4.79 Å². The molecule has 1 fully saturated rings. The molecule has 1 aliphatic rings. The van der Waals surface area contributed by atoms with Crippen LogP contribution in [0.4, 0.5) is 14.5 Å². The zero-order chi connectivity index (χ0) is 19.6. The van der Waals surface area contributed by atoms with E-state index in [-0.39, 0.29) is 12.1 Å². The Kier molecular flexibility index (Phi) is 5.18. The molecule has 2 heterocycles. The third kappa shape index (κ3) is 3.66. The number of likely N-dealkylation sites (N-methyl/N-ethyl adjacent to an activating group) is 1. The highest BCUT2D eigenvalue weighted by Gasteiger charge is 2.40. The average molecular weight is 375 g/mol. The van der Waals surface area contributed by atoms with E-state index in [1.54, 1.807) is 4.90 Å². The first-order valence-electron chi connectivity index (χ1n) is 8.48. The number of β-amino-alcohol motifs (C(OH)–C–C–N with tert-alkyl or cyclic N) is 1. The zero-order valence-corrected chi connectivity index (χ0v) is 14.7. The smallest absolute Gasteiger partial charge is 0.253 e. The van der Waals surface area contributed by atoms with Crippen LogP contribution >= 0.6 is 0 Å². The molecule has 0 bridgehead atoms. The Labute approximate surface area is 154 Å². The number of rotatable bonds is 4. The summed E-state index contributed by atoms with van der Waals surface area (Å²) in [4.78, 5) is 29.5. The van der Waals surface area contributed by atoms with Crippen LogP contribution in [-0.4, -0.2) is 48.0 Å². The highest BCUT2D eigenvalue weighted by molar-refractivity contribution is 5.88. The van der Waals surface area contributed by atoms with Crippen molar-refractivity contribution < 1.29 is 23.5 Å². The van der Waals surface area contributed by atoms with Crippen molar-refractivity contribution in [3.05, 3.63) is 47.7 Å². The van der Waals surface area contributed by atoms with E-state index >= 15 is 0 Å². The fourth-order valence-corrected chi connectivity index (χ4v) is 3.30. The van der Waals surface area contributed by atoms with E-state index in [9.17, 15) is 23.5 Å². The van der Waals surface area contributed by atoms with Crippen LogP contribution in [0.5, 0.6) is 0 Å². The number of aliphatic hydroxyl groups is 1. The third-order valence-electron chi connectivity index (χ3n) is 4.72. The molecule has 0 saturated carbocycles. The minimum atomic E-state index is -1.55. The highest BCUT2D eigenvalue weighted by atomic mass is 19.2. The molecule has 2 N–H and O–H groups in total. The number of carbonyl (C=O) groups is 2. The minimum Gasteiger partial charge on any atom is -0.378 e. The van der Waals surface area contributed by atoms with Crippen LogP contribution in [0.3, 0.4) is 0 Å². The number of pyridine rings is 1. The number of hydrogen-bond donors (Lipinski definition) is 2. The predicted molar refractivity (Wildman–Crippen MR) is 95.4 cm³/mol. The molecule has 1 aliphatic heterocycles. The van der Waals surface area contributed by atoms with Crippen molar-refractivity contribution in [2.45, 2.75) is 18.4 Å². The van der Waals surface area contributed by atoms with Crippen LogP contribution in [0.25, 0.3) is 11.3 Å². The molecule has 1 aromatic carbocycles. The maximum Gasteiger partial charge on any atom is 0.253 e. The van der Waals surface area contributed by atoms with Crippen molar-refractivity contribution in [1.29, 1.82) is 0 Å². The lowest BCUT2D eigenvalue weighted by Gasteiger charge is -2.39. The lowest BCUT2D eigenvalue weighted by molar-refractivity contribution is -0.140. The molecule has 142 valence electrons. The van der Waals surface area contributed by atoms with Gasteiger partial charge in [0, 0.05) is 24.7 Å². The maximum atomic E-state index is 13.5. The van der Waals surface area contributed by atoms with E-state index in [1.807, 2.05) is 0 Å². The van der Waals surface area contributed by atoms with Gasteiger partial charge in [-0.1, -0.05) is 0 Å². The Bertz CT molecular complexity index is 890. The molecular weight excluding hydrogens is 356 g/mol. The number of aldehydes is 1. The molecule has 1 atom stereocenters. The topological polar surface area (TPSA) is 82.5 Å². The molecular formula is C19H19F2N3O3. The van der Waals surface area contributed by atoms with Gasteiger partial charge >= 0.3 is 0 Å². The number of benzene rings is 1. The fourth-order valence-electron chi connectivity index (χ4n) is 3.30. The summed E-state index contributed by atoms with van der Waals surface area (Å²) in [5.41, 5.74) is -0.141. The molecule has 2 aromatic rings. The largest absolute Gasteiger partial charge is 0.378 e. The summed E-state index contributed by atoms with van der Waals surface area (Å²) in [5.74, 6) is -2.45. The molecule has 27 heavy (non-hydrogen) atoms. The monoisotopic (exact) mass is 375 g/mol. The molecule has 1 amide bonds. The van der Waals surface area contributed by atoms with Gasteiger partial charge in [0.1, 0.15) is 0 Å². The molecule has 0 radical (unpaired) electrons. The molecule has 6 nitrogen and oxygen atoms in total. The van der Waals surface area contributed by atoms with Gasteiger partial charge in [-0.3, -0.25) is 14.6 Å². The van der Waals surface area contributed by atoms with E-state index in [0.717, 1.165) is 12.1 Å². The van der Waals surface area contributed by atoms with Crippen LogP contribution < -0.4 is 10.2 Å². The first kappa shape index (κ1) is 18.9. The fraction of sp³-hybridized carbons (Fsp3) is 0.316. The number of anilines is 1. The van der Waals surface area contributed by atoms with Gasteiger partial charge in [-0.2, -0.15) is 0 Å². The van der Waals surface area contributed by atoms with Crippen LogP contribution in [0.1, 0.15) is 23.2 Å². The maximum absolute atomic E-state index is 13.5. The van der Waals surface area contributed by atoms with E-state index < -0.39 is 23.1 Å². The number of hydrogen-bond acceptors (Lipinski definition) is 5. The van der Waals surface area contributed by atoms with Crippen molar-refractivity contribution >= 4 is 17.9 Å². The van der Waals surface area contributed by atoms with Gasteiger partial charge in [0.25, 0.3) is 5.91 Å². The first-order chi connectivity index (χ1) is 12.9. The molecule has 0 spiro atoms. The molecule has 1 aromatic heterocycles. The number of nitrogens with one attached hydrogen (secondary N) is 1. The summed E-state index contributed by atoms with van der Waals surface area (Å²) in [6, 6.07) is 4.86. The summed E-state index contributed by atoms with van der Waals surface area (Å²) in [6.07, 6.45) is 2.96. The first-order valence-corrected chi connectivity index (χ1v) is 8.48. The second-order valence-corrected chi connectivity index (χ2v) is 6.51. The van der Waals surface area contributed by atoms with Crippen LogP contribution in [0, 0.1) is 11.6 Å². The Morgan fingerprint density at radius 3 is 2.78 bits per heavy atom. The van der Waals surface area contributed by atoms with Gasteiger partial charge < -0.3 is 15.3 Å². The van der Waals surface area contributed by atoms with Gasteiger partial charge in [0.05, 0.1) is 24.1 Å². The molecule has 3 rings (SSSR count). The van der Waals surface area contributed by atoms with Crippen molar-refractivity contribution in [3.8, 4) is 11.3 Å². The Balaban J connectivity index is 1.93. The highest BCUT2D eigenvalue weighted by Crippen LogP contribution is 2.30. The standard InChI is InChI=1S/C19H19F2N3O3/c1-22-18(26)19(27)5-2-6-24(11-19)17-9-23-16(8-13(17)10-25)12-3-4-14(20)15(21)7-12/h3-4,7-10,27H,2,5-6,11H2,1H3,(H,22,26). The van der Waals surface area contributed by atoms with Crippen molar-refractivity contribution in [1.82, 2.24) is 10.3 Å². The number of halogens is 2. The summed E-state index contributed by atoms with van der Waals surface area (Å²) in [6.45, 7) is 0.575. The van der Waals surface area contributed by atoms with E-state index in [2.05, 4.69) is 10.3 Å². The van der Waals surface area contributed by atoms with Gasteiger partial charge in [-0.15, -0.1) is 0 Å². The number of nitrogens with zero attached hydrogens (tertiary/aromatic N) is 2. The van der Waals surface area contributed by atoms with Crippen molar-refractivity contribution in [2.75, 3.05) is 25.0 Å². The van der Waals surface area contributed by atoms with E-state index in [0.29, 0.717) is 42.6 Å². The van der Waals surface area contributed by atoms with Gasteiger partial charge in [0.15, 0.2) is 23.5 Å². The van der Waals surface area contributed by atoms with Gasteiger partial charge in [-0.05, 0) is 37.1 Å². The van der Waals surface area contributed by atoms with Crippen LogP contribution in [0.2, 0.25) is 0 Å². The molecule has 0 aliphatic carbocycles. The minimum absolute atomic E-state index is 0.0275. The van der Waals surface area contributed by atoms with Gasteiger partial charge in [-0.25, -0.2) is 8.78 Å². The summed E-state index contributed by atoms with van der Waals surface area (Å²) < 4.78 is 26.6. The Hall–Kier alpha value is -2.87. The van der Waals surface area contributed by atoms with E-state index in [1.165, 1.54) is 25.4 Å². The SMILES string of the molecule is CNC(=O)C1(O)CCCN(c2cnc(-c3ccc(F)c(F)c3)cc2C=O)C1. The normalized spacial score (nSPS) is 19.6. The summed E-state index contributed by atoms with van der Waals surface area (Å²) in [7, 11) is 1.45. The lowest BCUT2D eigenvalue weighted by atomic mass is 9.91. The van der Waals surface area contributed by atoms with Crippen molar-refractivity contribution in [2.24, 2.45) is 0 Å². The zero-order valence-electron chi connectivity index (χ0n) is 14.7. The summed E-state index contributed by atoms with van der Waals surface area (Å²) in [5, 5.41) is 13.0. The Morgan fingerprint density at radius 2 is 2.11 bits per heavy atom. The Morgan fingerprint density at radius 1 is 1.33 bits per heavy atom. The number of aromatic nitrogens is 1. The predicted octanol–water partition coefficient (Wildman–Crippen LogP) is 1.92. The second kappa shape index (κ2) is 7.40. The molecule has 1 unspecified atom stereocenters. The average Bonchev–Trinajstić information content (AvgIpc) is 2.68. The number of carbonyl (C=O) groups excluding carboxylic acids is 2. The van der Waals surface area contributed by atoms with Crippen molar-refractivity contribution in [3.63, 3.8) is 0 Å². The summed E-state index contributed by atoms with van der Waals surface area (Å²) >= 11 is 0. The second-order valence-electron chi connectivity index (χ2n) is 6.51. The van der Waals surface area contributed by atoms with Gasteiger partial charge in [0.2, 0.25) is 0 Å². The third-order valence-corrected chi connectivity index (χ3v) is 4.72.